The maximum atomic E-state index is 12.2. The molecule has 0 spiro atoms. The summed E-state index contributed by atoms with van der Waals surface area (Å²) < 4.78 is 1.16. The highest BCUT2D eigenvalue weighted by Crippen LogP contribution is 2.22. The lowest BCUT2D eigenvalue weighted by Crippen LogP contribution is -2.38. The molecule has 0 saturated carbocycles. The molecular formula is C14H12N4O5. The van der Waals surface area contributed by atoms with Crippen LogP contribution in [0.5, 0.6) is 0 Å². The largest absolute Gasteiger partial charge is 0.434 e. The van der Waals surface area contributed by atoms with Gasteiger partial charge < -0.3 is 15.2 Å². The predicted molar refractivity (Wildman–Crippen MR) is 76.7 cm³/mol. The summed E-state index contributed by atoms with van der Waals surface area (Å²) in [7, 11) is 0. The average molecular weight is 316 g/mol. The third-order valence-electron chi connectivity index (χ3n) is 3.54. The quantitative estimate of drug-likeness (QED) is 0.486. The number of amides is 2. The van der Waals surface area contributed by atoms with E-state index in [1.54, 1.807) is 24.3 Å². The maximum Gasteiger partial charge on any atom is 0.434 e. The number of aromatic nitrogens is 2. The second-order valence-electron chi connectivity index (χ2n) is 5.06. The van der Waals surface area contributed by atoms with E-state index in [2.05, 4.69) is 4.98 Å². The number of imide groups is 1. The van der Waals surface area contributed by atoms with Crippen molar-refractivity contribution in [2.24, 2.45) is 0 Å². The van der Waals surface area contributed by atoms with Gasteiger partial charge in [0.25, 0.3) is 11.8 Å². The van der Waals surface area contributed by atoms with Gasteiger partial charge in [-0.3, -0.25) is 14.5 Å². The lowest BCUT2D eigenvalue weighted by Gasteiger charge is -2.17. The molecule has 2 heterocycles. The van der Waals surface area contributed by atoms with Crippen LogP contribution < -0.4 is 0 Å². The molecule has 1 aromatic heterocycles. The first-order chi connectivity index (χ1) is 11.0. The Morgan fingerprint density at radius 1 is 1.17 bits per heavy atom. The van der Waals surface area contributed by atoms with E-state index in [9.17, 15) is 24.8 Å². The number of carbonyl (C=O) groups excluding carboxylic acids is 2. The lowest BCUT2D eigenvalue weighted by atomic mass is 10.1. The number of nitro groups is 1. The summed E-state index contributed by atoms with van der Waals surface area (Å²) in [5.74, 6) is -1.37. The van der Waals surface area contributed by atoms with E-state index in [-0.39, 0.29) is 13.1 Å². The van der Waals surface area contributed by atoms with Crippen molar-refractivity contribution in [3.63, 3.8) is 0 Å². The Hall–Kier alpha value is -3.07. The van der Waals surface area contributed by atoms with Gasteiger partial charge in [0.2, 0.25) is 0 Å². The minimum Gasteiger partial charge on any atom is -0.390 e. The molecule has 0 bridgehead atoms. The van der Waals surface area contributed by atoms with E-state index >= 15 is 0 Å². The number of fused-ring (bicyclic) bond motifs is 1. The fourth-order valence-electron chi connectivity index (χ4n) is 2.52. The van der Waals surface area contributed by atoms with Gasteiger partial charge in [-0.05, 0) is 17.1 Å². The average Bonchev–Trinajstić information content (AvgIpc) is 3.07. The molecular weight excluding hydrogens is 304 g/mol. The Kier molecular flexibility index (Phi) is 3.62. The molecule has 9 nitrogen and oxygen atoms in total. The van der Waals surface area contributed by atoms with Gasteiger partial charge in [-0.25, -0.2) is 4.57 Å². The van der Waals surface area contributed by atoms with Crippen LogP contribution in [0.1, 0.15) is 20.7 Å². The summed E-state index contributed by atoms with van der Waals surface area (Å²) in [5, 5.41) is 20.9. The summed E-state index contributed by atoms with van der Waals surface area (Å²) in [6.07, 6.45) is 1.45. The molecule has 1 N–H and O–H groups in total. The van der Waals surface area contributed by atoms with E-state index in [4.69, 9.17) is 0 Å². The lowest BCUT2D eigenvalue weighted by molar-refractivity contribution is -0.397. The summed E-state index contributed by atoms with van der Waals surface area (Å²) >= 11 is 0. The number of aliphatic hydroxyl groups excluding tert-OH is 1. The minimum atomic E-state index is -1.15. The van der Waals surface area contributed by atoms with E-state index in [1.165, 1.54) is 12.4 Å². The number of imidazole rings is 1. The predicted octanol–water partition coefficient (Wildman–Crippen LogP) is 0.448. The zero-order valence-corrected chi connectivity index (χ0v) is 11.8. The van der Waals surface area contributed by atoms with Crippen molar-refractivity contribution in [3.05, 3.63) is 57.9 Å². The van der Waals surface area contributed by atoms with E-state index in [1.807, 2.05) is 0 Å². The number of aliphatic hydroxyl groups is 1. The number of rotatable bonds is 5. The number of hydrogen-bond donors (Lipinski definition) is 1. The van der Waals surface area contributed by atoms with Crippen molar-refractivity contribution >= 4 is 17.8 Å². The van der Waals surface area contributed by atoms with Crippen LogP contribution in [-0.2, 0) is 6.54 Å². The first-order valence-corrected chi connectivity index (χ1v) is 6.78. The highest BCUT2D eigenvalue weighted by molar-refractivity contribution is 6.21. The van der Waals surface area contributed by atoms with E-state index < -0.39 is 28.8 Å². The molecule has 1 aromatic carbocycles. The summed E-state index contributed by atoms with van der Waals surface area (Å²) in [6.45, 7) is -0.397. The molecule has 0 saturated heterocycles. The van der Waals surface area contributed by atoms with Crippen LogP contribution in [0.15, 0.2) is 36.7 Å². The van der Waals surface area contributed by atoms with Gasteiger partial charge in [-0.15, -0.1) is 0 Å². The van der Waals surface area contributed by atoms with Gasteiger partial charge in [0.15, 0.2) is 0 Å². The van der Waals surface area contributed by atoms with Crippen molar-refractivity contribution in [1.82, 2.24) is 14.5 Å². The Morgan fingerprint density at radius 2 is 1.78 bits per heavy atom. The standard InChI is InChI=1S/C14H12N4O5/c19-9(7-16-6-5-15-14(16)18(22)23)8-17-12(20)10-3-1-2-4-11(10)13(17)21/h1-6,9,19H,7-8H2. The second-order valence-corrected chi connectivity index (χ2v) is 5.06. The highest BCUT2D eigenvalue weighted by atomic mass is 16.6. The molecule has 2 amide bonds. The van der Waals surface area contributed by atoms with Crippen molar-refractivity contribution in [2.45, 2.75) is 12.6 Å². The first kappa shape index (κ1) is 14.9. The van der Waals surface area contributed by atoms with Gasteiger partial charge in [0.05, 0.1) is 24.2 Å². The number of hydrogen-bond acceptors (Lipinski definition) is 6. The number of carbonyl (C=O) groups is 2. The molecule has 2 aromatic rings. The summed E-state index contributed by atoms with van der Waals surface area (Å²) in [4.78, 5) is 39.0. The molecule has 0 radical (unpaired) electrons. The molecule has 1 unspecified atom stereocenters. The van der Waals surface area contributed by atoms with Gasteiger partial charge in [-0.2, -0.15) is 0 Å². The van der Waals surface area contributed by atoms with Crippen LogP contribution in [0.2, 0.25) is 0 Å². The van der Waals surface area contributed by atoms with Crippen molar-refractivity contribution < 1.29 is 19.6 Å². The van der Waals surface area contributed by atoms with Crippen molar-refractivity contribution in [3.8, 4) is 0 Å². The number of nitrogens with zero attached hydrogens (tertiary/aromatic N) is 4. The van der Waals surface area contributed by atoms with Gasteiger partial charge in [0.1, 0.15) is 18.5 Å². The van der Waals surface area contributed by atoms with Crippen LogP contribution in [-0.4, -0.2) is 48.9 Å². The number of β-amino-alcohol motifs (C(OH)–C–C–N with tert-alkyl or cyclic N) is 1. The molecule has 0 fully saturated rings. The van der Waals surface area contributed by atoms with Crippen LogP contribution in [0.3, 0.4) is 0 Å². The van der Waals surface area contributed by atoms with Crippen LogP contribution in [0.25, 0.3) is 0 Å². The summed E-state index contributed by atoms with van der Waals surface area (Å²) in [5.41, 5.74) is 0.580. The third-order valence-corrected chi connectivity index (χ3v) is 3.54. The molecule has 3 rings (SSSR count). The molecule has 1 aliphatic rings. The van der Waals surface area contributed by atoms with E-state index in [0.29, 0.717) is 11.1 Å². The molecule has 1 atom stereocenters. The molecule has 9 heteroatoms. The van der Waals surface area contributed by atoms with Gasteiger partial charge in [0, 0.05) is 0 Å². The molecule has 1 aliphatic heterocycles. The zero-order valence-electron chi connectivity index (χ0n) is 11.8. The molecule has 118 valence electrons. The Labute approximate surface area is 129 Å². The molecule has 23 heavy (non-hydrogen) atoms. The fraction of sp³-hybridized carbons (Fsp3) is 0.214. The van der Waals surface area contributed by atoms with Gasteiger partial charge >= 0.3 is 5.95 Å². The maximum absolute atomic E-state index is 12.2. The van der Waals surface area contributed by atoms with Crippen molar-refractivity contribution in [1.29, 1.82) is 0 Å². The Morgan fingerprint density at radius 3 is 2.35 bits per heavy atom. The van der Waals surface area contributed by atoms with Crippen LogP contribution in [0.4, 0.5) is 5.95 Å². The van der Waals surface area contributed by atoms with Gasteiger partial charge in [-0.1, -0.05) is 17.1 Å². The van der Waals surface area contributed by atoms with Crippen molar-refractivity contribution in [2.75, 3.05) is 6.54 Å². The Bertz CT molecular complexity index is 765. The SMILES string of the molecule is O=C1c2ccccc2C(=O)N1CC(O)Cn1ccnc1[N+](=O)[O-]. The zero-order chi connectivity index (χ0) is 16.6. The smallest absolute Gasteiger partial charge is 0.390 e. The fourth-order valence-corrected chi connectivity index (χ4v) is 2.52. The van der Waals surface area contributed by atoms with Crippen LogP contribution in [0, 0.1) is 10.1 Å². The second kappa shape index (κ2) is 5.61. The first-order valence-electron chi connectivity index (χ1n) is 6.78. The van der Waals surface area contributed by atoms with Crippen LogP contribution >= 0.6 is 0 Å². The molecule has 0 aliphatic carbocycles. The minimum absolute atomic E-state index is 0.149. The third kappa shape index (κ3) is 2.57. The number of benzene rings is 1. The summed E-state index contributed by atoms with van der Waals surface area (Å²) in [6, 6.07) is 6.39. The van der Waals surface area contributed by atoms with E-state index in [0.717, 1.165) is 9.47 Å². The highest BCUT2D eigenvalue weighted by Gasteiger charge is 2.36. The Balaban J connectivity index is 1.73. The normalized spacial score (nSPS) is 14.9. The topological polar surface area (TPSA) is 119 Å². The monoisotopic (exact) mass is 316 g/mol.